The average molecular weight is 621 g/mol. The molecule has 0 aromatic heterocycles. The summed E-state index contributed by atoms with van der Waals surface area (Å²) in [4.78, 5) is 59.4. The number of allylic oxidation sites excluding steroid dienone is 2. The van der Waals surface area contributed by atoms with Gasteiger partial charge >= 0.3 is 0 Å². The topological polar surface area (TPSA) is 104 Å². The van der Waals surface area contributed by atoms with E-state index in [9.17, 15) is 28.7 Å². The van der Waals surface area contributed by atoms with Crippen LogP contribution in [-0.2, 0) is 19.2 Å². The summed E-state index contributed by atoms with van der Waals surface area (Å²) in [7, 11) is 1.47. The van der Waals surface area contributed by atoms with Crippen LogP contribution in [0.15, 0.2) is 48.0 Å². The number of benzene rings is 2. The zero-order valence-electron chi connectivity index (χ0n) is 24.6. The summed E-state index contributed by atoms with van der Waals surface area (Å²) in [5, 5.41) is 10.1. The monoisotopic (exact) mass is 620 g/mol. The van der Waals surface area contributed by atoms with Crippen LogP contribution in [0.4, 0.5) is 10.1 Å². The van der Waals surface area contributed by atoms with Gasteiger partial charge < -0.3 is 9.84 Å². The maximum Gasteiger partial charge on any atom is 0.241 e. The van der Waals surface area contributed by atoms with Crippen molar-refractivity contribution in [2.75, 3.05) is 12.0 Å². The van der Waals surface area contributed by atoms with E-state index in [1.807, 2.05) is 6.08 Å². The van der Waals surface area contributed by atoms with Crippen LogP contribution in [0.3, 0.4) is 0 Å². The lowest BCUT2D eigenvalue weighted by atomic mass is 9.51. The molecule has 4 amide bonds. The molecule has 8 nitrogen and oxygen atoms in total. The molecular weight excluding hydrogens is 587 g/mol. The molecule has 2 saturated carbocycles. The largest absolute Gasteiger partial charge is 0.508 e. The summed E-state index contributed by atoms with van der Waals surface area (Å²) in [5.74, 6) is -4.68. The molecule has 2 aliphatic heterocycles. The Bertz CT molecular complexity index is 1640. The Kier molecular flexibility index (Phi) is 6.88. The first-order valence-electron chi connectivity index (χ1n) is 15.3. The molecule has 2 heterocycles. The lowest BCUT2D eigenvalue weighted by Crippen LogP contribution is -2.49. The number of carbonyl (C=O) groups excluding carboxylic acids is 4. The fourth-order valence-electron chi connectivity index (χ4n) is 8.89. The Balaban J connectivity index is 1.37. The van der Waals surface area contributed by atoms with E-state index in [0.717, 1.165) is 48.6 Å². The van der Waals surface area contributed by atoms with E-state index in [-0.39, 0.29) is 40.7 Å². The Labute approximate surface area is 259 Å². The highest BCUT2D eigenvalue weighted by Gasteiger charge is 2.68. The molecule has 2 aromatic rings. The van der Waals surface area contributed by atoms with Crippen molar-refractivity contribution in [1.82, 2.24) is 4.90 Å². The van der Waals surface area contributed by atoms with Gasteiger partial charge in [0.2, 0.25) is 23.6 Å². The Hall–Kier alpha value is -3.72. The second-order valence-electron chi connectivity index (χ2n) is 13.0. The number of hydrogen-bond acceptors (Lipinski definition) is 6. The van der Waals surface area contributed by atoms with Crippen molar-refractivity contribution in [1.29, 1.82) is 0 Å². The summed E-state index contributed by atoms with van der Waals surface area (Å²) in [6, 6.07) is 8.33. The second kappa shape index (κ2) is 10.4. The highest BCUT2D eigenvalue weighted by molar-refractivity contribution is 6.31. The number of anilines is 1. The molecule has 2 saturated heterocycles. The van der Waals surface area contributed by atoms with E-state index in [0.29, 0.717) is 17.7 Å². The fraction of sp³-hybridized carbons (Fsp3) is 0.471. The number of phenolic OH excluding ortho intramolecular Hbond substituents is 1. The molecule has 0 unspecified atom stereocenters. The van der Waals surface area contributed by atoms with Crippen LogP contribution in [0.25, 0.3) is 0 Å². The minimum absolute atomic E-state index is 0.0200. The fourth-order valence-corrected chi connectivity index (χ4v) is 9.07. The van der Waals surface area contributed by atoms with E-state index in [2.05, 4.69) is 0 Å². The van der Waals surface area contributed by atoms with Crippen LogP contribution in [0, 0.1) is 34.9 Å². The molecule has 4 fully saturated rings. The van der Waals surface area contributed by atoms with Gasteiger partial charge in [0, 0.05) is 23.6 Å². The molecule has 1 N–H and O–H groups in total. The van der Waals surface area contributed by atoms with E-state index in [1.54, 1.807) is 13.0 Å². The Morgan fingerprint density at radius 3 is 2.43 bits per heavy atom. The molecule has 10 heteroatoms. The summed E-state index contributed by atoms with van der Waals surface area (Å²) < 4.78 is 19.8. The highest BCUT2D eigenvalue weighted by Crippen LogP contribution is 2.64. The molecule has 230 valence electrons. The molecule has 6 atom stereocenters. The van der Waals surface area contributed by atoms with Gasteiger partial charge in [0.25, 0.3) is 0 Å². The van der Waals surface area contributed by atoms with Gasteiger partial charge in [0.15, 0.2) is 0 Å². The third-order valence-electron chi connectivity index (χ3n) is 10.9. The number of fused-ring (bicyclic) bond motifs is 4. The molecule has 3 aliphatic carbocycles. The first-order chi connectivity index (χ1) is 21.1. The lowest BCUT2D eigenvalue weighted by Gasteiger charge is -2.49. The van der Waals surface area contributed by atoms with Gasteiger partial charge in [-0.25, -0.2) is 9.29 Å². The standard InChI is InChI=1S/C34H34ClFN2O6/c1-34-24(31(41)38(33(34)43)18-8-13-26(36)25(35)14-18)16-23-20(29(34)21-10-9-19(39)15-27(21)44-2)11-12-22-28(23)32(42)37(30(22)40)17-6-4-3-5-7-17/h8-11,13-15,17,22-24,28-29,39H,3-7,12,16H2,1-2H3/t22-,23+,24-,28-,29+,34+/m0/s1. The van der Waals surface area contributed by atoms with Gasteiger partial charge in [-0.3, -0.25) is 24.1 Å². The third-order valence-corrected chi connectivity index (χ3v) is 11.2. The quantitative estimate of drug-likeness (QED) is 0.345. The van der Waals surface area contributed by atoms with E-state index >= 15 is 0 Å². The first-order valence-corrected chi connectivity index (χ1v) is 15.7. The van der Waals surface area contributed by atoms with Crippen LogP contribution >= 0.6 is 11.6 Å². The third kappa shape index (κ3) is 4.00. The SMILES string of the molecule is COc1cc(O)ccc1[C@H]1C2=CC[C@@H]3C(=O)N(C4CCCCC4)C(=O)[C@@H]3[C@@H]2C[C@H]2C(=O)N(c3ccc(F)c(Cl)c3)C(=O)[C@@]12C. The minimum Gasteiger partial charge on any atom is -0.508 e. The van der Waals surface area contributed by atoms with Crippen molar-refractivity contribution in [3.63, 3.8) is 0 Å². The highest BCUT2D eigenvalue weighted by atomic mass is 35.5. The maximum absolute atomic E-state index is 14.5. The van der Waals surface area contributed by atoms with Gasteiger partial charge in [0.1, 0.15) is 17.3 Å². The van der Waals surface area contributed by atoms with Crippen LogP contribution in [-0.4, -0.2) is 46.8 Å². The van der Waals surface area contributed by atoms with Gasteiger partial charge in [0.05, 0.1) is 41.0 Å². The van der Waals surface area contributed by atoms with E-state index < -0.39 is 52.6 Å². The summed E-state index contributed by atoms with van der Waals surface area (Å²) >= 11 is 6.07. The maximum atomic E-state index is 14.5. The van der Waals surface area contributed by atoms with Crippen molar-refractivity contribution in [3.8, 4) is 11.5 Å². The Morgan fingerprint density at radius 1 is 0.977 bits per heavy atom. The van der Waals surface area contributed by atoms with Gasteiger partial charge in [-0.05, 0) is 62.8 Å². The van der Waals surface area contributed by atoms with Gasteiger partial charge in [-0.2, -0.15) is 0 Å². The van der Waals surface area contributed by atoms with Crippen LogP contribution < -0.4 is 9.64 Å². The van der Waals surface area contributed by atoms with Crippen LogP contribution in [0.1, 0.15) is 63.4 Å². The number of methoxy groups -OCH3 is 1. The van der Waals surface area contributed by atoms with Crippen LogP contribution in [0.2, 0.25) is 5.02 Å². The number of ether oxygens (including phenoxy) is 1. The van der Waals surface area contributed by atoms with E-state index in [1.165, 1.54) is 36.3 Å². The summed E-state index contributed by atoms with van der Waals surface area (Å²) in [5.41, 5.74) is 0.310. The number of nitrogens with zero attached hydrogens (tertiary/aromatic N) is 2. The molecular formula is C34H34ClFN2O6. The van der Waals surface area contributed by atoms with Crippen molar-refractivity contribution in [2.45, 2.75) is 63.8 Å². The molecule has 44 heavy (non-hydrogen) atoms. The zero-order chi connectivity index (χ0) is 31.1. The average Bonchev–Trinajstić information content (AvgIpc) is 3.38. The number of aromatic hydroxyl groups is 1. The van der Waals surface area contributed by atoms with Crippen molar-refractivity contribution >= 4 is 40.9 Å². The van der Waals surface area contributed by atoms with Crippen LogP contribution in [0.5, 0.6) is 11.5 Å². The number of hydrogen-bond donors (Lipinski definition) is 1. The molecule has 5 aliphatic rings. The molecule has 0 spiro atoms. The van der Waals surface area contributed by atoms with Crippen molar-refractivity contribution in [2.24, 2.45) is 29.1 Å². The number of imide groups is 2. The van der Waals surface area contributed by atoms with Crippen molar-refractivity contribution in [3.05, 3.63) is 64.5 Å². The van der Waals surface area contributed by atoms with Gasteiger partial charge in [-0.1, -0.05) is 48.6 Å². The Morgan fingerprint density at radius 2 is 1.73 bits per heavy atom. The number of amides is 4. The zero-order valence-corrected chi connectivity index (χ0v) is 25.4. The number of phenols is 1. The molecule has 0 radical (unpaired) electrons. The minimum atomic E-state index is -1.30. The predicted octanol–water partition coefficient (Wildman–Crippen LogP) is 5.76. The predicted molar refractivity (Wildman–Crippen MR) is 159 cm³/mol. The van der Waals surface area contributed by atoms with Gasteiger partial charge in [-0.15, -0.1) is 0 Å². The molecule has 0 bridgehead atoms. The second-order valence-corrected chi connectivity index (χ2v) is 13.4. The number of likely N-dealkylation sites (tertiary alicyclic amines) is 1. The smallest absolute Gasteiger partial charge is 0.241 e. The first kappa shape index (κ1) is 29.0. The number of halogens is 2. The molecule has 2 aromatic carbocycles. The summed E-state index contributed by atoms with van der Waals surface area (Å²) in [6.07, 6.45) is 7.23. The summed E-state index contributed by atoms with van der Waals surface area (Å²) in [6.45, 7) is 1.76. The lowest BCUT2D eigenvalue weighted by molar-refractivity contribution is -0.144. The number of carbonyl (C=O) groups is 4. The normalized spacial score (nSPS) is 32.0. The molecule has 7 rings (SSSR count). The van der Waals surface area contributed by atoms with E-state index in [4.69, 9.17) is 16.3 Å². The number of rotatable bonds is 4. The van der Waals surface area contributed by atoms with Crippen molar-refractivity contribution < 1.29 is 33.4 Å².